The molecule has 0 aromatic heterocycles. The van der Waals surface area contributed by atoms with Crippen LogP contribution in [0.1, 0.15) is 49.0 Å². The number of rotatable bonds is 4. The van der Waals surface area contributed by atoms with E-state index < -0.39 is 0 Å². The smallest absolute Gasteiger partial charge is 0.253 e. The number of nitrogens with zero attached hydrogens (tertiary/aromatic N) is 1. The molecule has 1 aromatic carbocycles. The first-order valence-electron chi connectivity index (χ1n) is 9.84. The number of nitrogens with one attached hydrogen (secondary N) is 2. The van der Waals surface area contributed by atoms with Crippen LogP contribution in [0.5, 0.6) is 0 Å². The summed E-state index contributed by atoms with van der Waals surface area (Å²) in [5, 5.41) is 6.42. The van der Waals surface area contributed by atoms with E-state index in [1.54, 1.807) is 0 Å². The number of hydrogen-bond donors (Lipinski definition) is 2. The predicted molar refractivity (Wildman–Crippen MR) is 104 cm³/mol. The Morgan fingerprint density at radius 1 is 1.19 bits per heavy atom. The minimum absolute atomic E-state index is 0.0230. The van der Waals surface area contributed by atoms with E-state index in [1.165, 1.54) is 0 Å². The van der Waals surface area contributed by atoms with E-state index >= 15 is 0 Å². The Balaban J connectivity index is 1.64. The number of likely N-dealkylation sites (tertiary alicyclic amines) is 1. The van der Waals surface area contributed by atoms with E-state index in [2.05, 4.69) is 10.6 Å². The molecule has 0 aliphatic carbocycles. The average Bonchev–Trinajstić information content (AvgIpc) is 2.94. The van der Waals surface area contributed by atoms with Crippen LogP contribution in [0.4, 0.5) is 5.69 Å². The number of benzene rings is 1. The molecule has 2 aliphatic rings. The van der Waals surface area contributed by atoms with Crippen molar-refractivity contribution in [2.75, 3.05) is 31.5 Å². The summed E-state index contributed by atoms with van der Waals surface area (Å²) in [5.74, 6) is 1.89. The van der Waals surface area contributed by atoms with Gasteiger partial charge >= 0.3 is 0 Å². The fourth-order valence-electron chi connectivity index (χ4n) is 4.11. The Labute approximate surface area is 156 Å². The molecule has 2 aliphatic heterocycles. The zero-order valence-corrected chi connectivity index (χ0v) is 16.2. The highest BCUT2D eigenvalue weighted by Gasteiger charge is 2.31. The van der Waals surface area contributed by atoms with Gasteiger partial charge in [-0.25, -0.2) is 0 Å². The highest BCUT2D eigenvalue weighted by Crippen LogP contribution is 2.28. The molecule has 5 heteroatoms. The van der Waals surface area contributed by atoms with Crippen LogP contribution >= 0.6 is 0 Å². The first kappa shape index (κ1) is 18.9. The normalized spacial score (nSPS) is 22.8. The van der Waals surface area contributed by atoms with Gasteiger partial charge in [0, 0.05) is 30.8 Å². The minimum Gasteiger partial charge on any atom is -0.339 e. The van der Waals surface area contributed by atoms with Crippen LogP contribution in [-0.2, 0) is 4.79 Å². The molecular formula is C21H31N3O2. The van der Waals surface area contributed by atoms with Gasteiger partial charge < -0.3 is 15.5 Å². The summed E-state index contributed by atoms with van der Waals surface area (Å²) in [6, 6.07) is 5.60. The van der Waals surface area contributed by atoms with Gasteiger partial charge in [-0.1, -0.05) is 13.8 Å². The molecule has 0 bridgehead atoms. The lowest BCUT2D eigenvalue weighted by atomic mass is 9.92. The second kappa shape index (κ2) is 8.21. The van der Waals surface area contributed by atoms with Crippen molar-refractivity contribution in [1.29, 1.82) is 0 Å². The van der Waals surface area contributed by atoms with E-state index in [-0.39, 0.29) is 11.8 Å². The van der Waals surface area contributed by atoms with Gasteiger partial charge in [0.1, 0.15) is 0 Å². The third-order valence-electron chi connectivity index (χ3n) is 5.65. The molecule has 0 spiro atoms. The van der Waals surface area contributed by atoms with Crippen LogP contribution in [0.25, 0.3) is 0 Å². The lowest BCUT2D eigenvalue weighted by Crippen LogP contribution is -2.32. The summed E-state index contributed by atoms with van der Waals surface area (Å²) in [7, 11) is 0. The number of hydrogen-bond acceptors (Lipinski definition) is 3. The van der Waals surface area contributed by atoms with Crippen molar-refractivity contribution >= 4 is 17.5 Å². The quantitative estimate of drug-likeness (QED) is 0.871. The second-order valence-electron chi connectivity index (χ2n) is 8.22. The van der Waals surface area contributed by atoms with Gasteiger partial charge in [0.2, 0.25) is 5.91 Å². The van der Waals surface area contributed by atoms with Crippen LogP contribution < -0.4 is 10.6 Å². The summed E-state index contributed by atoms with van der Waals surface area (Å²) < 4.78 is 0. The van der Waals surface area contributed by atoms with Gasteiger partial charge in [0.05, 0.1) is 0 Å². The highest BCUT2D eigenvalue weighted by molar-refractivity contribution is 5.96. The fourth-order valence-corrected chi connectivity index (χ4v) is 4.11. The van der Waals surface area contributed by atoms with Crippen molar-refractivity contribution < 1.29 is 9.59 Å². The third-order valence-corrected chi connectivity index (χ3v) is 5.65. The van der Waals surface area contributed by atoms with E-state index in [0.29, 0.717) is 24.2 Å². The Kier molecular flexibility index (Phi) is 5.97. The van der Waals surface area contributed by atoms with Crippen LogP contribution in [0.15, 0.2) is 18.2 Å². The maximum Gasteiger partial charge on any atom is 0.253 e. The van der Waals surface area contributed by atoms with Crippen LogP contribution in [-0.4, -0.2) is 42.9 Å². The molecule has 142 valence electrons. The maximum atomic E-state index is 12.9. The molecule has 0 unspecified atom stereocenters. The zero-order chi connectivity index (χ0) is 18.7. The number of carbonyl (C=O) groups is 2. The Morgan fingerprint density at radius 2 is 1.85 bits per heavy atom. The Hall–Kier alpha value is -1.88. The molecule has 2 atom stereocenters. The molecule has 2 amide bonds. The van der Waals surface area contributed by atoms with Gasteiger partial charge in [-0.2, -0.15) is 0 Å². The monoisotopic (exact) mass is 357 g/mol. The minimum atomic E-state index is 0.0230. The zero-order valence-electron chi connectivity index (χ0n) is 16.2. The molecule has 2 N–H and O–H groups in total. The van der Waals surface area contributed by atoms with Gasteiger partial charge in [-0.15, -0.1) is 0 Å². The predicted octanol–water partition coefficient (Wildman–Crippen LogP) is 3.05. The molecule has 0 radical (unpaired) electrons. The van der Waals surface area contributed by atoms with Gasteiger partial charge in [-0.3, -0.25) is 9.59 Å². The first-order valence-corrected chi connectivity index (χ1v) is 9.84. The number of anilines is 1. The van der Waals surface area contributed by atoms with Crippen molar-refractivity contribution in [2.24, 2.45) is 17.8 Å². The Morgan fingerprint density at radius 3 is 2.42 bits per heavy atom. The van der Waals surface area contributed by atoms with Gasteiger partial charge in [0.25, 0.3) is 5.91 Å². The van der Waals surface area contributed by atoms with Crippen molar-refractivity contribution in [2.45, 2.75) is 40.0 Å². The molecular weight excluding hydrogens is 326 g/mol. The van der Waals surface area contributed by atoms with Crippen molar-refractivity contribution in [3.8, 4) is 0 Å². The molecule has 3 rings (SSSR count). The largest absolute Gasteiger partial charge is 0.339 e. The van der Waals surface area contributed by atoms with Crippen LogP contribution in [0.2, 0.25) is 0 Å². The highest BCUT2D eigenvalue weighted by atomic mass is 16.2. The molecule has 2 saturated heterocycles. The maximum absolute atomic E-state index is 12.9. The number of aryl methyl sites for hydroxylation is 1. The summed E-state index contributed by atoms with van der Waals surface area (Å²) in [6.45, 7) is 9.87. The van der Waals surface area contributed by atoms with Crippen molar-refractivity contribution in [3.63, 3.8) is 0 Å². The third kappa shape index (κ3) is 4.44. The summed E-state index contributed by atoms with van der Waals surface area (Å²) in [4.78, 5) is 26.9. The molecule has 5 nitrogen and oxygen atoms in total. The topological polar surface area (TPSA) is 61.4 Å². The van der Waals surface area contributed by atoms with Crippen molar-refractivity contribution in [1.82, 2.24) is 10.2 Å². The molecule has 0 saturated carbocycles. The van der Waals surface area contributed by atoms with Crippen LogP contribution in [0.3, 0.4) is 0 Å². The van der Waals surface area contributed by atoms with E-state index in [9.17, 15) is 9.59 Å². The molecule has 2 heterocycles. The lowest BCUT2D eigenvalue weighted by Gasteiger charge is -2.21. The van der Waals surface area contributed by atoms with E-state index in [1.807, 2.05) is 43.9 Å². The van der Waals surface area contributed by atoms with E-state index in [4.69, 9.17) is 0 Å². The summed E-state index contributed by atoms with van der Waals surface area (Å²) in [5.41, 5.74) is 2.45. The first-order chi connectivity index (χ1) is 12.4. The molecule has 26 heavy (non-hydrogen) atoms. The fraction of sp³-hybridized carbons (Fsp3) is 0.619. The lowest BCUT2D eigenvalue weighted by molar-refractivity contribution is -0.116. The van der Waals surface area contributed by atoms with Crippen molar-refractivity contribution in [3.05, 3.63) is 29.3 Å². The molecule has 2 fully saturated rings. The number of amides is 2. The van der Waals surface area contributed by atoms with Gasteiger partial charge in [0.15, 0.2) is 0 Å². The Bertz CT molecular complexity index is 657. The number of carbonyl (C=O) groups excluding carboxylic acids is 2. The van der Waals surface area contributed by atoms with Crippen LogP contribution in [0, 0.1) is 24.7 Å². The van der Waals surface area contributed by atoms with E-state index in [0.717, 1.165) is 55.8 Å². The summed E-state index contributed by atoms with van der Waals surface area (Å²) in [6.07, 6.45) is 2.68. The SMILES string of the molecule is Cc1cc(C(=O)N2CC[C@@H]3CNC[C@@H]3CC2)ccc1NC(=O)CC(C)C. The average molecular weight is 357 g/mol. The summed E-state index contributed by atoms with van der Waals surface area (Å²) >= 11 is 0. The molecule has 1 aromatic rings. The standard InChI is InChI=1S/C21H31N3O2/c1-14(2)10-20(25)23-19-5-4-16(11-15(19)3)21(26)24-8-6-17-12-22-13-18(17)7-9-24/h4-5,11,14,17-18,22H,6-10,12-13H2,1-3H3,(H,23,25)/t17-,18+. The number of fused-ring (bicyclic) bond motifs is 1. The second-order valence-corrected chi connectivity index (χ2v) is 8.22. The van der Waals surface area contributed by atoms with Gasteiger partial charge in [-0.05, 0) is 74.4 Å².